The van der Waals surface area contributed by atoms with Gasteiger partial charge in [-0.3, -0.25) is 9.88 Å². The van der Waals surface area contributed by atoms with E-state index < -0.39 is 22.1 Å². The SMILES string of the molecule is NS(=O)(=O)c1cncc(-c2noc(CN3CCC(C(F)(F)F)CC3)n2)c1. The summed E-state index contributed by atoms with van der Waals surface area (Å²) in [6, 6.07) is 1.27. The maximum absolute atomic E-state index is 12.7. The third-order valence-corrected chi connectivity index (χ3v) is 5.06. The predicted molar refractivity (Wildman–Crippen MR) is 83.0 cm³/mol. The molecular weight excluding hydrogens is 375 g/mol. The van der Waals surface area contributed by atoms with Crippen molar-refractivity contribution in [2.45, 2.75) is 30.5 Å². The van der Waals surface area contributed by atoms with E-state index in [1.54, 1.807) is 4.90 Å². The molecule has 0 bridgehead atoms. The molecule has 26 heavy (non-hydrogen) atoms. The Balaban J connectivity index is 1.66. The number of rotatable bonds is 4. The van der Waals surface area contributed by atoms with Gasteiger partial charge in [-0.05, 0) is 32.0 Å². The highest BCUT2D eigenvalue weighted by Crippen LogP contribution is 2.34. The molecule has 0 amide bonds. The molecule has 12 heteroatoms. The summed E-state index contributed by atoms with van der Waals surface area (Å²) in [4.78, 5) is 9.55. The topological polar surface area (TPSA) is 115 Å². The van der Waals surface area contributed by atoms with Crippen LogP contribution in [0.5, 0.6) is 0 Å². The van der Waals surface area contributed by atoms with Gasteiger partial charge in [-0.1, -0.05) is 5.16 Å². The fourth-order valence-electron chi connectivity index (χ4n) is 2.74. The molecule has 0 spiro atoms. The highest BCUT2D eigenvalue weighted by Gasteiger charge is 2.41. The van der Waals surface area contributed by atoms with Crippen molar-refractivity contribution in [3.05, 3.63) is 24.4 Å². The lowest BCUT2D eigenvalue weighted by molar-refractivity contribution is -0.185. The highest BCUT2D eigenvalue weighted by molar-refractivity contribution is 7.89. The molecule has 3 rings (SSSR count). The Labute approximate surface area is 147 Å². The van der Waals surface area contributed by atoms with Crippen molar-refractivity contribution in [3.8, 4) is 11.4 Å². The summed E-state index contributed by atoms with van der Waals surface area (Å²) >= 11 is 0. The molecule has 142 valence electrons. The van der Waals surface area contributed by atoms with Gasteiger partial charge in [0.05, 0.1) is 12.5 Å². The highest BCUT2D eigenvalue weighted by atomic mass is 32.2. The van der Waals surface area contributed by atoms with E-state index in [-0.39, 0.29) is 49.1 Å². The lowest BCUT2D eigenvalue weighted by Gasteiger charge is -2.31. The first-order valence-electron chi connectivity index (χ1n) is 7.73. The number of nitrogens with zero attached hydrogens (tertiary/aromatic N) is 4. The minimum atomic E-state index is -4.16. The van der Waals surface area contributed by atoms with Crippen molar-refractivity contribution in [1.29, 1.82) is 0 Å². The fourth-order valence-corrected chi connectivity index (χ4v) is 3.24. The van der Waals surface area contributed by atoms with Crippen LogP contribution in [0.3, 0.4) is 0 Å². The Kier molecular flexibility index (Phi) is 4.99. The van der Waals surface area contributed by atoms with Gasteiger partial charge in [-0.15, -0.1) is 0 Å². The number of hydrogen-bond acceptors (Lipinski definition) is 7. The van der Waals surface area contributed by atoms with Gasteiger partial charge < -0.3 is 4.52 Å². The zero-order valence-electron chi connectivity index (χ0n) is 13.5. The molecule has 0 aromatic carbocycles. The lowest BCUT2D eigenvalue weighted by Crippen LogP contribution is -2.38. The van der Waals surface area contributed by atoms with Crippen LogP contribution in [0, 0.1) is 5.92 Å². The van der Waals surface area contributed by atoms with Crippen molar-refractivity contribution in [2.24, 2.45) is 11.1 Å². The normalized spacial score (nSPS) is 17.5. The molecule has 0 unspecified atom stereocenters. The standard InChI is InChI=1S/C14H16F3N5O3S/c15-14(16,17)10-1-3-22(4-2-10)8-12-20-13(21-25-12)9-5-11(7-19-6-9)26(18,23)24/h5-7,10H,1-4,8H2,(H2,18,23,24). The van der Waals surface area contributed by atoms with Crippen molar-refractivity contribution in [3.63, 3.8) is 0 Å². The summed E-state index contributed by atoms with van der Waals surface area (Å²) in [6.07, 6.45) is -1.64. The Morgan fingerprint density at radius 3 is 2.58 bits per heavy atom. The molecular formula is C14H16F3N5O3S. The number of primary sulfonamides is 1. The summed E-state index contributed by atoms with van der Waals surface area (Å²) in [7, 11) is -3.92. The van der Waals surface area contributed by atoms with Crippen molar-refractivity contribution >= 4 is 10.0 Å². The average Bonchev–Trinajstić information content (AvgIpc) is 3.02. The molecule has 3 heterocycles. The molecule has 1 aliphatic heterocycles. The number of sulfonamides is 1. The van der Waals surface area contributed by atoms with E-state index in [4.69, 9.17) is 9.66 Å². The number of likely N-dealkylation sites (tertiary alicyclic amines) is 1. The second kappa shape index (κ2) is 6.93. The number of hydrogen-bond donors (Lipinski definition) is 1. The fraction of sp³-hybridized carbons (Fsp3) is 0.500. The predicted octanol–water partition coefficient (Wildman–Crippen LogP) is 1.55. The van der Waals surface area contributed by atoms with Crippen molar-refractivity contribution < 1.29 is 26.1 Å². The largest absolute Gasteiger partial charge is 0.391 e. The monoisotopic (exact) mass is 391 g/mol. The molecule has 1 saturated heterocycles. The van der Waals surface area contributed by atoms with E-state index in [0.717, 1.165) is 6.20 Å². The first kappa shape index (κ1) is 18.7. The van der Waals surface area contributed by atoms with Gasteiger partial charge in [-0.25, -0.2) is 13.6 Å². The molecule has 0 saturated carbocycles. The Hall–Kier alpha value is -2.05. The maximum atomic E-state index is 12.7. The number of halogens is 3. The summed E-state index contributed by atoms with van der Waals surface area (Å²) in [6.45, 7) is 0.786. The molecule has 1 fully saturated rings. The Morgan fingerprint density at radius 2 is 1.96 bits per heavy atom. The first-order chi connectivity index (χ1) is 12.1. The van der Waals surface area contributed by atoms with Crippen LogP contribution in [0.1, 0.15) is 18.7 Å². The lowest BCUT2D eigenvalue weighted by atomic mass is 9.96. The minimum absolute atomic E-state index is 0.0326. The number of pyridine rings is 1. The van der Waals surface area contributed by atoms with Crippen LogP contribution in [0.15, 0.2) is 27.9 Å². The van der Waals surface area contributed by atoms with E-state index in [0.29, 0.717) is 5.56 Å². The van der Waals surface area contributed by atoms with Crippen LogP contribution >= 0.6 is 0 Å². The number of nitrogens with two attached hydrogens (primary N) is 1. The van der Waals surface area contributed by atoms with E-state index in [1.807, 2.05) is 0 Å². The third-order valence-electron chi connectivity index (χ3n) is 4.18. The quantitative estimate of drug-likeness (QED) is 0.841. The zero-order chi connectivity index (χ0) is 18.9. The molecule has 2 aromatic heterocycles. The second-order valence-corrected chi connectivity index (χ2v) is 7.62. The van der Waals surface area contributed by atoms with Crippen LogP contribution in [-0.4, -0.2) is 47.7 Å². The summed E-state index contributed by atoms with van der Waals surface area (Å²) in [5.74, 6) is -0.918. The van der Waals surface area contributed by atoms with E-state index in [2.05, 4.69) is 15.1 Å². The van der Waals surface area contributed by atoms with Crippen LogP contribution < -0.4 is 5.14 Å². The van der Waals surface area contributed by atoms with Crippen molar-refractivity contribution in [1.82, 2.24) is 20.0 Å². The molecule has 8 nitrogen and oxygen atoms in total. The van der Waals surface area contributed by atoms with Crippen molar-refractivity contribution in [2.75, 3.05) is 13.1 Å². The summed E-state index contributed by atoms with van der Waals surface area (Å²) in [5.41, 5.74) is 0.308. The smallest absolute Gasteiger partial charge is 0.338 e. The number of aromatic nitrogens is 3. The van der Waals surface area contributed by atoms with Crippen LogP contribution in [0.2, 0.25) is 0 Å². The van der Waals surface area contributed by atoms with Gasteiger partial charge in [0.1, 0.15) is 4.90 Å². The number of piperidine rings is 1. The molecule has 0 radical (unpaired) electrons. The molecule has 0 aliphatic carbocycles. The number of alkyl halides is 3. The third kappa shape index (κ3) is 4.37. The minimum Gasteiger partial charge on any atom is -0.338 e. The van der Waals surface area contributed by atoms with Crippen LogP contribution in [-0.2, 0) is 16.6 Å². The Morgan fingerprint density at radius 1 is 1.27 bits per heavy atom. The zero-order valence-corrected chi connectivity index (χ0v) is 14.3. The van der Waals surface area contributed by atoms with E-state index in [1.165, 1.54) is 12.3 Å². The maximum Gasteiger partial charge on any atom is 0.391 e. The van der Waals surface area contributed by atoms with Gasteiger partial charge in [-0.2, -0.15) is 18.2 Å². The van der Waals surface area contributed by atoms with Gasteiger partial charge in [0.25, 0.3) is 0 Å². The van der Waals surface area contributed by atoms with Crippen LogP contribution in [0.25, 0.3) is 11.4 Å². The van der Waals surface area contributed by atoms with Crippen LogP contribution in [0.4, 0.5) is 13.2 Å². The van der Waals surface area contributed by atoms with Gasteiger partial charge >= 0.3 is 6.18 Å². The summed E-state index contributed by atoms with van der Waals surface area (Å²) in [5, 5.41) is 8.82. The molecule has 2 N–H and O–H groups in total. The first-order valence-corrected chi connectivity index (χ1v) is 9.27. The second-order valence-electron chi connectivity index (χ2n) is 6.06. The van der Waals surface area contributed by atoms with Gasteiger partial charge in [0, 0.05) is 18.0 Å². The average molecular weight is 391 g/mol. The van der Waals surface area contributed by atoms with E-state index in [9.17, 15) is 21.6 Å². The summed E-state index contributed by atoms with van der Waals surface area (Å²) < 4.78 is 65.9. The molecule has 2 aromatic rings. The molecule has 0 atom stereocenters. The Bertz CT molecular complexity index is 876. The molecule has 1 aliphatic rings. The van der Waals surface area contributed by atoms with E-state index >= 15 is 0 Å². The van der Waals surface area contributed by atoms with Gasteiger partial charge in [0.15, 0.2) is 0 Å². The van der Waals surface area contributed by atoms with Gasteiger partial charge in [0.2, 0.25) is 21.7 Å².